The molecule has 0 amide bonds. The van der Waals surface area contributed by atoms with E-state index >= 15 is 0 Å². The number of fused-ring (bicyclic) bond motifs is 2. The van der Waals surface area contributed by atoms with Crippen LogP contribution in [0, 0.1) is 17.8 Å². The molecule has 0 aromatic heterocycles. The van der Waals surface area contributed by atoms with E-state index in [2.05, 4.69) is 19.1 Å². The number of allylic oxidation sites excluding steroid dienone is 3. The van der Waals surface area contributed by atoms with Crippen molar-refractivity contribution in [3.63, 3.8) is 0 Å². The molecular formula is C8H10O. The average molecular weight is 122 g/mol. The smallest absolute Gasteiger partial charge is 0.0960 e. The first-order valence-corrected chi connectivity index (χ1v) is 3.38. The molecule has 0 aromatic rings. The lowest BCUT2D eigenvalue weighted by molar-refractivity contribution is 0.337. The van der Waals surface area contributed by atoms with Crippen LogP contribution in [0.4, 0.5) is 0 Å². The van der Waals surface area contributed by atoms with E-state index in [-0.39, 0.29) is 0 Å². The molecule has 0 heterocycles. The van der Waals surface area contributed by atoms with Crippen LogP contribution < -0.4 is 0 Å². The van der Waals surface area contributed by atoms with Gasteiger partial charge in [0.05, 0.1) is 5.76 Å². The van der Waals surface area contributed by atoms with Crippen LogP contribution >= 0.6 is 0 Å². The monoisotopic (exact) mass is 122 g/mol. The van der Waals surface area contributed by atoms with E-state index in [0.29, 0.717) is 23.5 Å². The summed E-state index contributed by atoms with van der Waals surface area (Å²) >= 11 is 0. The minimum atomic E-state index is 0.343. The van der Waals surface area contributed by atoms with Gasteiger partial charge in [0, 0.05) is 11.8 Å². The number of aliphatic hydroxyl groups excluding tert-OH is 1. The first-order valence-electron chi connectivity index (χ1n) is 3.38. The summed E-state index contributed by atoms with van der Waals surface area (Å²) in [6, 6.07) is 0. The highest BCUT2D eigenvalue weighted by Gasteiger charge is 2.35. The zero-order valence-corrected chi connectivity index (χ0v) is 5.41. The molecule has 0 saturated heterocycles. The van der Waals surface area contributed by atoms with Crippen molar-refractivity contribution in [1.29, 1.82) is 0 Å². The summed E-state index contributed by atoms with van der Waals surface area (Å²) in [7, 11) is 0. The lowest BCUT2D eigenvalue weighted by atomic mass is 9.98. The van der Waals surface area contributed by atoms with E-state index in [4.69, 9.17) is 0 Å². The third-order valence-corrected chi connectivity index (χ3v) is 2.42. The molecular weight excluding hydrogens is 112 g/mol. The van der Waals surface area contributed by atoms with Crippen molar-refractivity contribution >= 4 is 0 Å². The van der Waals surface area contributed by atoms with Crippen molar-refractivity contribution in [1.82, 2.24) is 0 Å². The molecule has 0 spiro atoms. The van der Waals surface area contributed by atoms with E-state index in [1.54, 1.807) is 0 Å². The minimum Gasteiger partial charge on any atom is -0.512 e. The molecule has 2 aliphatic rings. The fourth-order valence-corrected chi connectivity index (χ4v) is 1.72. The molecule has 1 heteroatoms. The van der Waals surface area contributed by atoms with E-state index < -0.39 is 0 Å². The highest BCUT2D eigenvalue weighted by atomic mass is 16.3. The maximum absolute atomic E-state index is 9.20. The largest absolute Gasteiger partial charge is 0.512 e. The normalized spacial score (nSPS) is 45.9. The van der Waals surface area contributed by atoms with Gasteiger partial charge >= 0.3 is 0 Å². The van der Waals surface area contributed by atoms with Crippen LogP contribution in [0.1, 0.15) is 6.92 Å². The van der Waals surface area contributed by atoms with Gasteiger partial charge < -0.3 is 5.11 Å². The Labute approximate surface area is 54.7 Å². The number of aliphatic hydroxyl groups is 1. The maximum atomic E-state index is 9.20. The van der Waals surface area contributed by atoms with Crippen molar-refractivity contribution < 1.29 is 5.11 Å². The topological polar surface area (TPSA) is 20.2 Å². The first-order chi connectivity index (χ1) is 4.29. The summed E-state index contributed by atoms with van der Waals surface area (Å²) in [6.07, 6.45) is 6.23. The van der Waals surface area contributed by atoms with Gasteiger partial charge in [-0.25, -0.2) is 0 Å². The summed E-state index contributed by atoms with van der Waals surface area (Å²) in [5, 5.41) is 9.20. The Morgan fingerprint density at radius 3 is 2.44 bits per heavy atom. The Morgan fingerprint density at radius 2 is 2.22 bits per heavy atom. The number of rotatable bonds is 0. The molecule has 48 valence electrons. The van der Waals surface area contributed by atoms with E-state index in [9.17, 15) is 5.11 Å². The predicted octanol–water partition coefficient (Wildman–Crippen LogP) is 1.88. The highest BCUT2D eigenvalue weighted by Crippen LogP contribution is 2.41. The van der Waals surface area contributed by atoms with Crippen LogP contribution in [-0.2, 0) is 0 Å². The molecule has 0 aromatic carbocycles. The van der Waals surface area contributed by atoms with Gasteiger partial charge in [-0.1, -0.05) is 19.1 Å². The quantitative estimate of drug-likeness (QED) is 0.486. The zero-order chi connectivity index (χ0) is 6.43. The highest BCUT2D eigenvalue weighted by molar-refractivity contribution is 5.27. The van der Waals surface area contributed by atoms with Crippen molar-refractivity contribution in [2.24, 2.45) is 17.8 Å². The van der Waals surface area contributed by atoms with Crippen LogP contribution in [0.25, 0.3) is 0 Å². The second kappa shape index (κ2) is 1.41. The van der Waals surface area contributed by atoms with Crippen molar-refractivity contribution in [3.8, 4) is 0 Å². The van der Waals surface area contributed by atoms with Gasteiger partial charge in [0.1, 0.15) is 0 Å². The minimum absolute atomic E-state index is 0.343. The third-order valence-electron chi connectivity index (χ3n) is 2.42. The van der Waals surface area contributed by atoms with Gasteiger partial charge in [0.15, 0.2) is 0 Å². The van der Waals surface area contributed by atoms with Crippen LogP contribution in [-0.4, -0.2) is 5.11 Å². The Morgan fingerprint density at radius 1 is 1.44 bits per heavy atom. The summed E-state index contributed by atoms with van der Waals surface area (Å²) in [5.41, 5.74) is 0. The summed E-state index contributed by atoms with van der Waals surface area (Å²) in [4.78, 5) is 0. The molecule has 1 nitrogen and oxygen atoms in total. The maximum Gasteiger partial charge on any atom is 0.0960 e. The summed E-state index contributed by atoms with van der Waals surface area (Å²) in [6.45, 7) is 2.18. The van der Waals surface area contributed by atoms with Gasteiger partial charge in [-0.05, 0) is 12.0 Å². The molecule has 0 radical (unpaired) electrons. The predicted molar refractivity (Wildman–Crippen MR) is 36.0 cm³/mol. The standard InChI is InChI=1S/C8H10O/c1-5-6-2-3-7(5)8(9)4-6/h2-7,9H,1H3/t5-,6-,7-/m0/s1. The molecule has 0 unspecified atom stereocenters. The Bertz CT molecular complexity index is 191. The van der Waals surface area contributed by atoms with Gasteiger partial charge in [-0.15, -0.1) is 0 Å². The first kappa shape index (κ1) is 5.10. The van der Waals surface area contributed by atoms with Crippen LogP contribution in [0.3, 0.4) is 0 Å². The Kier molecular flexibility index (Phi) is 0.797. The number of hydrogen-bond acceptors (Lipinski definition) is 1. The van der Waals surface area contributed by atoms with Crippen molar-refractivity contribution in [3.05, 3.63) is 24.0 Å². The number of hydrogen-bond donors (Lipinski definition) is 1. The van der Waals surface area contributed by atoms with Gasteiger partial charge in [0.25, 0.3) is 0 Å². The Balaban J connectivity index is 2.35. The average Bonchev–Trinajstić information content (AvgIpc) is 2.25. The molecule has 0 saturated carbocycles. The molecule has 1 N–H and O–H groups in total. The molecule has 0 aliphatic heterocycles. The Hall–Kier alpha value is -0.720. The van der Waals surface area contributed by atoms with E-state index in [0.717, 1.165) is 0 Å². The van der Waals surface area contributed by atoms with Crippen molar-refractivity contribution in [2.75, 3.05) is 0 Å². The molecule has 2 bridgehead atoms. The molecule has 9 heavy (non-hydrogen) atoms. The fraction of sp³-hybridized carbons (Fsp3) is 0.500. The second-order valence-corrected chi connectivity index (χ2v) is 2.94. The zero-order valence-electron chi connectivity index (χ0n) is 5.41. The summed E-state index contributed by atoms with van der Waals surface area (Å²) in [5.74, 6) is 2.06. The van der Waals surface area contributed by atoms with Gasteiger partial charge in [0.2, 0.25) is 0 Å². The van der Waals surface area contributed by atoms with Crippen LogP contribution in [0.2, 0.25) is 0 Å². The lowest BCUT2D eigenvalue weighted by Gasteiger charge is -2.07. The van der Waals surface area contributed by atoms with Crippen LogP contribution in [0.15, 0.2) is 24.0 Å². The molecule has 3 atom stereocenters. The van der Waals surface area contributed by atoms with Gasteiger partial charge in [-0.3, -0.25) is 0 Å². The third kappa shape index (κ3) is 0.493. The SMILES string of the molecule is C[C@H]1[C@H]2C=C[C@@H]1C(O)=C2. The van der Waals surface area contributed by atoms with E-state index in [1.807, 2.05) is 6.08 Å². The molecule has 2 aliphatic carbocycles. The lowest BCUT2D eigenvalue weighted by Crippen LogP contribution is -2.03. The van der Waals surface area contributed by atoms with Crippen molar-refractivity contribution in [2.45, 2.75) is 6.92 Å². The second-order valence-electron chi connectivity index (χ2n) is 2.94. The molecule has 0 fully saturated rings. The van der Waals surface area contributed by atoms with Crippen LogP contribution in [0.5, 0.6) is 0 Å². The summed E-state index contributed by atoms with van der Waals surface area (Å²) < 4.78 is 0. The van der Waals surface area contributed by atoms with E-state index in [1.165, 1.54) is 0 Å². The van der Waals surface area contributed by atoms with Gasteiger partial charge in [-0.2, -0.15) is 0 Å². The molecule has 2 rings (SSSR count). The fourth-order valence-electron chi connectivity index (χ4n) is 1.72.